The highest BCUT2D eigenvalue weighted by Crippen LogP contribution is 2.20. The standard InChI is InChI=1S/C19H22FN3O2/c1-12-10-16(15-7-6-14(20)11-17(15)21-12)18(24)22-13(2)19(25)23-8-4-3-5-9-23/h6-7,10-11,13H,3-5,8-9H2,1-2H3,(H,22,24)/t13-/m0/s1. The summed E-state index contributed by atoms with van der Waals surface area (Å²) in [7, 11) is 0. The van der Waals surface area contributed by atoms with Gasteiger partial charge in [-0.1, -0.05) is 0 Å². The van der Waals surface area contributed by atoms with E-state index in [2.05, 4.69) is 10.3 Å². The Bertz CT molecular complexity index is 810. The molecule has 0 spiro atoms. The third-order valence-corrected chi connectivity index (χ3v) is 4.53. The van der Waals surface area contributed by atoms with Crippen LogP contribution in [0.1, 0.15) is 42.2 Å². The summed E-state index contributed by atoms with van der Waals surface area (Å²) < 4.78 is 13.4. The van der Waals surface area contributed by atoms with E-state index in [1.807, 2.05) is 0 Å². The summed E-state index contributed by atoms with van der Waals surface area (Å²) in [5.41, 5.74) is 1.46. The molecule has 2 heterocycles. The lowest BCUT2D eigenvalue weighted by Crippen LogP contribution is -2.48. The van der Waals surface area contributed by atoms with Crippen LogP contribution in [-0.4, -0.2) is 40.8 Å². The van der Waals surface area contributed by atoms with Gasteiger partial charge < -0.3 is 10.2 Å². The highest BCUT2D eigenvalue weighted by Gasteiger charge is 2.24. The number of piperidine rings is 1. The SMILES string of the molecule is Cc1cc(C(=O)N[C@@H](C)C(=O)N2CCCCC2)c2ccc(F)cc2n1. The molecule has 5 nitrogen and oxygen atoms in total. The first kappa shape index (κ1) is 17.3. The summed E-state index contributed by atoms with van der Waals surface area (Å²) in [6, 6.07) is 5.21. The maximum Gasteiger partial charge on any atom is 0.252 e. The molecule has 0 unspecified atom stereocenters. The van der Waals surface area contributed by atoms with Crippen molar-refractivity contribution in [3.05, 3.63) is 41.3 Å². The number of hydrogen-bond acceptors (Lipinski definition) is 3. The van der Waals surface area contributed by atoms with E-state index in [4.69, 9.17) is 0 Å². The van der Waals surface area contributed by atoms with E-state index in [1.54, 1.807) is 30.9 Å². The number of halogens is 1. The van der Waals surface area contributed by atoms with Crippen molar-refractivity contribution >= 4 is 22.7 Å². The number of aryl methyl sites for hydroxylation is 1. The fourth-order valence-electron chi connectivity index (χ4n) is 3.25. The average Bonchev–Trinajstić information content (AvgIpc) is 2.60. The van der Waals surface area contributed by atoms with Gasteiger partial charge in [0.05, 0.1) is 11.1 Å². The number of fused-ring (bicyclic) bond motifs is 1. The Balaban J connectivity index is 1.81. The average molecular weight is 343 g/mol. The molecular formula is C19H22FN3O2. The minimum atomic E-state index is -0.602. The number of nitrogens with zero attached hydrogens (tertiary/aromatic N) is 2. The van der Waals surface area contributed by atoms with Crippen LogP contribution in [0.5, 0.6) is 0 Å². The van der Waals surface area contributed by atoms with Crippen molar-refractivity contribution in [3.8, 4) is 0 Å². The maximum atomic E-state index is 13.4. The van der Waals surface area contributed by atoms with E-state index in [1.165, 1.54) is 12.1 Å². The number of rotatable bonds is 3. The number of likely N-dealkylation sites (tertiary alicyclic amines) is 1. The molecule has 1 atom stereocenters. The zero-order valence-corrected chi connectivity index (χ0v) is 14.5. The third-order valence-electron chi connectivity index (χ3n) is 4.53. The predicted molar refractivity (Wildman–Crippen MR) is 93.8 cm³/mol. The summed E-state index contributed by atoms with van der Waals surface area (Å²) in [6.45, 7) is 4.94. The molecule has 2 amide bonds. The zero-order valence-electron chi connectivity index (χ0n) is 14.5. The Morgan fingerprint density at radius 3 is 2.64 bits per heavy atom. The second kappa shape index (κ2) is 7.17. The van der Waals surface area contributed by atoms with E-state index in [0.717, 1.165) is 32.4 Å². The molecule has 3 rings (SSSR count). The van der Waals surface area contributed by atoms with Crippen molar-refractivity contribution in [3.63, 3.8) is 0 Å². The number of carbonyl (C=O) groups excluding carboxylic acids is 2. The summed E-state index contributed by atoms with van der Waals surface area (Å²) in [5.74, 6) is -0.806. The van der Waals surface area contributed by atoms with Crippen LogP contribution in [-0.2, 0) is 4.79 Å². The van der Waals surface area contributed by atoms with Crippen LogP contribution in [0.15, 0.2) is 24.3 Å². The Labute approximate surface area is 146 Å². The Kier molecular flexibility index (Phi) is 4.97. The third kappa shape index (κ3) is 3.78. The quantitative estimate of drug-likeness (QED) is 0.932. The molecule has 0 aliphatic carbocycles. The molecule has 0 bridgehead atoms. The van der Waals surface area contributed by atoms with Gasteiger partial charge >= 0.3 is 0 Å². The van der Waals surface area contributed by atoms with Gasteiger partial charge in [0, 0.05) is 30.2 Å². The number of carbonyl (C=O) groups is 2. The lowest BCUT2D eigenvalue weighted by Gasteiger charge is -2.29. The van der Waals surface area contributed by atoms with Gasteiger partial charge in [-0.05, 0) is 51.3 Å². The topological polar surface area (TPSA) is 62.3 Å². The van der Waals surface area contributed by atoms with Crippen molar-refractivity contribution in [2.45, 2.75) is 39.2 Å². The second-order valence-electron chi connectivity index (χ2n) is 6.55. The summed E-state index contributed by atoms with van der Waals surface area (Å²) >= 11 is 0. The first-order valence-corrected chi connectivity index (χ1v) is 8.62. The van der Waals surface area contributed by atoms with Gasteiger partial charge in [-0.3, -0.25) is 14.6 Å². The molecule has 25 heavy (non-hydrogen) atoms. The van der Waals surface area contributed by atoms with Gasteiger partial charge in [0.2, 0.25) is 5.91 Å². The van der Waals surface area contributed by atoms with Crippen LogP contribution < -0.4 is 5.32 Å². The molecule has 1 fully saturated rings. The highest BCUT2D eigenvalue weighted by atomic mass is 19.1. The lowest BCUT2D eigenvalue weighted by molar-refractivity contribution is -0.133. The van der Waals surface area contributed by atoms with E-state index in [0.29, 0.717) is 22.2 Å². The molecule has 132 valence electrons. The van der Waals surface area contributed by atoms with Crippen molar-refractivity contribution in [1.29, 1.82) is 0 Å². The molecule has 0 radical (unpaired) electrons. The van der Waals surface area contributed by atoms with Crippen LogP contribution in [0.3, 0.4) is 0 Å². The van der Waals surface area contributed by atoms with Crippen molar-refractivity contribution < 1.29 is 14.0 Å². The first-order valence-electron chi connectivity index (χ1n) is 8.62. The molecule has 0 saturated carbocycles. The summed E-state index contributed by atoms with van der Waals surface area (Å²) in [4.78, 5) is 31.3. The van der Waals surface area contributed by atoms with Crippen molar-refractivity contribution in [2.24, 2.45) is 0 Å². The molecule has 1 aromatic carbocycles. The number of hydrogen-bond donors (Lipinski definition) is 1. The van der Waals surface area contributed by atoms with Gasteiger partial charge in [0.25, 0.3) is 5.91 Å². The van der Waals surface area contributed by atoms with E-state index in [9.17, 15) is 14.0 Å². The molecule has 1 aromatic heterocycles. The maximum absolute atomic E-state index is 13.4. The number of benzene rings is 1. The van der Waals surface area contributed by atoms with E-state index in [-0.39, 0.29) is 11.8 Å². The monoisotopic (exact) mass is 343 g/mol. The first-order chi connectivity index (χ1) is 12.0. The molecule has 1 saturated heterocycles. The van der Waals surface area contributed by atoms with Crippen LogP contribution in [0.2, 0.25) is 0 Å². The minimum absolute atomic E-state index is 0.0609. The van der Waals surface area contributed by atoms with Gasteiger partial charge in [0.15, 0.2) is 0 Å². The largest absolute Gasteiger partial charge is 0.341 e. The number of nitrogens with one attached hydrogen (secondary N) is 1. The molecule has 1 N–H and O–H groups in total. The number of aromatic nitrogens is 1. The van der Waals surface area contributed by atoms with Crippen LogP contribution in [0.25, 0.3) is 10.9 Å². The summed E-state index contributed by atoms with van der Waals surface area (Å²) in [5, 5.41) is 3.35. The smallest absolute Gasteiger partial charge is 0.252 e. The number of amides is 2. The normalized spacial score (nSPS) is 15.9. The zero-order chi connectivity index (χ0) is 18.0. The molecule has 1 aliphatic rings. The van der Waals surface area contributed by atoms with Crippen LogP contribution >= 0.6 is 0 Å². The minimum Gasteiger partial charge on any atom is -0.341 e. The Hall–Kier alpha value is -2.50. The summed E-state index contributed by atoms with van der Waals surface area (Å²) in [6.07, 6.45) is 3.15. The molecule has 2 aromatic rings. The van der Waals surface area contributed by atoms with E-state index < -0.39 is 11.9 Å². The van der Waals surface area contributed by atoms with Crippen LogP contribution in [0.4, 0.5) is 4.39 Å². The Morgan fingerprint density at radius 1 is 1.20 bits per heavy atom. The van der Waals surface area contributed by atoms with Gasteiger partial charge in [-0.15, -0.1) is 0 Å². The Morgan fingerprint density at radius 2 is 1.92 bits per heavy atom. The fourth-order valence-corrected chi connectivity index (χ4v) is 3.25. The van der Waals surface area contributed by atoms with Crippen molar-refractivity contribution in [1.82, 2.24) is 15.2 Å². The molecule has 6 heteroatoms. The van der Waals surface area contributed by atoms with Gasteiger partial charge in [0.1, 0.15) is 11.9 Å². The molecule has 1 aliphatic heterocycles. The van der Waals surface area contributed by atoms with E-state index >= 15 is 0 Å². The fraction of sp³-hybridized carbons (Fsp3) is 0.421. The highest BCUT2D eigenvalue weighted by molar-refractivity contribution is 6.07. The number of pyridine rings is 1. The lowest BCUT2D eigenvalue weighted by atomic mass is 10.1. The van der Waals surface area contributed by atoms with Gasteiger partial charge in [-0.25, -0.2) is 4.39 Å². The van der Waals surface area contributed by atoms with Crippen molar-refractivity contribution in [2.75, 3.05) is 13.1 Å². The van der Waals surface area contributed by atoms with Crippen LogP contribution in [0, 0.1) is 12.7 Å². The molecular weight excluding hydrogens is 321 g/mol. The second-order valence-corrected chi connectivity index (χ2v) is 6.55. The van der Waals surface area contributed by atoms with Gasteiger partial charge in [-0.2, -0.15) is 0 Å². The predicted octanol–water partition coefficient (Wildman–Crippen LogP) is 2.81.